The van der Waals surface area contributed by atoms with Crippen LogP contribution in [-0.2, 0) is 9.53 Å². The van der Waals surface area contributed by atoms with Gasteiger partial charge >= 0.3 is 5.97 Å². The van der Waals surface area contributed by atoms with Crippen LogP contribution in [0.15, 0.2) is 30.3 Å². The summed E-state index contributed by atoms with van der Waals surface area (Å²) in [6.45, 7) is 2.09. The third-order valence-electron chi connectivity index (χ3n) is 1.64. The highest BCUT2D eigenvalue weighted by Gasteiger charge is 2.28. The van der Waals surface area contributed by atoms with Crippen LogP contribution in [0.1, 0.15) is 25.6 Å². The van der Waals surface area contributed by atoms with Crippen molar-refractivity contribution < 1.29 is 18.3 Å². The van der Waals surface area contributed by atoms with Gasteiger partial charge in [-0.3, -0.25) is 0 Å². The van der Waals surface area contributed by atoms with Crippen molar-refractivity contribution in [1.82, 2.24) is 0 Å². The Kier molecular flexibility index (Phi) is 3.39. The predicted octanol–water partition coefficient (Wildman–Crippen LogP) is 2.95. The van der Waals surface area contributed by atoms with Crippen molar-refractivity contribution in [3.05, 3.63) is 35.9 Å². The van der Waals surface area contributed by atoms with Gasteiger partial charge in [-0.05, 0) is 5.56 Å². The average Bonchev–Trinajstić information content (AvgIpc) is 2.15. The molecule has 0 bridgehead atoms. The normalized spacial score (nSPS) is 13.3. The largest absolute Gasteiger partial charge is 0.427 e. The summed E-state index contributed by atoms with van der Waals surface area (Å²) < 4.78 is 30.6. The highest BCUT2D eigenvalue weighted by molar-refractivity contribution is 5.76. The van der Waals surface area contributed by atoms with Crippen LogP contribution in [0.4, 0.5) is 8.78 Å². The van der Waals surface area contributed by atoms with Crippen molar-refractivity contribution in [3.63, 3.8) is 0 Å². The lowest BCUT2D eigenvalue weighted by Gasteiger charge is -2.17. The van der Waals surface area contributed by atoms with E-state index in [0.29, 0.717) is 0 Å². The van der Waals surface area contributed by atoms with Gasteiger partial charge in [0.1, 0.15) is 0 Å². The molecule has 0 aromatic heterocycles. The molecule has 0 saturated heterocycles. The van der Waals surface area contributed by atoms with Gasteiger partial charge in [0.15, 0.2) is 0 Å². The summed E-state index contributed by atoms with van der Waals surface area (Å²) in [4.78, 5) is 11.1. The molecule has 0 amide bonds. The molecule has 0 heterocycles. The zero-order chi connectivity index (χ0) is 11.5. The van der Waals surface area contributed by atoms with E-state index in [1.165, 1.54) is 12.1 Å². The molecule has 2 nitrogen and oxygen atoms in total. The predicted molar refractivity (Wildman–Crippen MR) is 51.6 cm³/mol. The second-order valence-electron chi connectivity index (χ2n) is 3.56. The minimum atomic E-state index is -2.16. The van der Waals surface area contributed by atoms with Crippen molar-refractivity contribution in [1.29, 1.82) is 0 Å². The topological polar surface area (TPSA) is 26.3 Å². The van der Waals surface area contributed by atoms with Gasteiger partial charge in [-0.25, -0.2) is 9.18 Å². The van der Waals surface area contributed by atoms with Gasteiger partial charge in [0.2, 0.25) is 12.0 Å². The molecule has 82 valence electrons. The first-order valence-corrected chi connectivity index (χ1v) is 4.51. The maximum absolute atomic E-state index is 13.4. The summed E-state index contributed by atoms with van der Waals surface area (Å²) in [7, 11) is 0. The number of carbonyl (C=O) groups is 1. The van der Waals surface area contributed by atoms with Crippen molar-refractivity contribution in [2.75, 3.05) is 0 Å². The van der Waals surface area contributed by atoms with E-state index >= 15 is 0 Å². The number of alkyl halides is 2. The van der Waals surface area contributed by atoms with Crippen molar-refractivity contribution >= 4 is 5.97 Å². The van der Waals surface area contributed by atoms with Gasteiger partial charge in [0, 0.05) is 13.8 Å². The highest BCUT2D eigenvalue weighted by Crippen LogP contribution is 2.22. The van der Waals surface area contributed by atoms with E-state index in [-0.39, 0.29) is 5.56 Å². The van der Waals surface area contributed by atoms with Gasteiger partial charge in [-0.15, -0.1) is 0 Å². The number of hydrogen-bond acceptors (Lipinski definition) is 2. The first kappa shape index (κ1) is 11.6. The molecule has 1 unspecified atom stereocenters. The van der Waals surface area contributed by atoms with E-state index in [9.17, 15) is 13.6 Å². The second kappa shape index (κ2) is 4.38. The SMILES string of the molecule is CC(C)(F)OC(=O)C(F)c1ccccc1. The molecule has 0 aliphatic carbocycles. The van der Waals surface area contributed by atoms with Crippen LogP contribution < -0.4 is 0 Å². The number of esters is 1. The lowest BCUT2D eigenvalue weighted by Crippen LogP contribution is -2.25. The summed E-state index contributed by atoms with van der Waals surface area (Å²) in [5.41, 5.74) is 0.159. The monoisotopic (exact) mass is 214 g/mol. The third-order valence-corrected chi connectivity index (χ3v) is 1.64. The summed E-state index contributed by atoms with van der Waals surface area (Å²) in [5, 5.41) is 0. The molecular formula is C11H12F2O2. The molecule has 1 atom stereocenters. The fourth-order valence-electron chi connectivity index (χ4n) is 1.05. The molecule has 1 rings (SSSR count). The molecule has 4 heteroatoms. The summed E-state index contributed by atoms with van der Waals surface area (Å²) >= 11 is 0. The maximum atomic E-state index is 13.4. The standard InChI is InChI=1S/C11H12F2O2/c1-11(2,13)15-10(14)9(12)8-6-4-3-5-7-8/h3-7,9H,1-2H3. The summed E-state index contributed by atoms with van der Waals surface area (Å²) in [6, 6.07) is 7.76. The number of halogens is 2. The van der Waals surface area contributed by atoms with Gasteiger partial charge in [-0.1, -0.05) is 30.3 Å². The molecule has 0 aliphatic rings. The second-order valence-corrected chi connectivity index (χ2v) is 3.56. The first-order chi connectivity index (χ1) is 6.90. The molecule has 15 heavy (non-hydrogen) atoms. The minimum Gasteiger partial charge on any atom is -0.427 e. The van der Waals surface area contributed by atoms with Gasteiger partial charge < -0.3 is 4.74 Å². The van der Waals surface area contributed by atoms with Crippen LogP contribution in [0.2, 0.25) is 0 Å². The fourth-order valence-corrected chi connectivity index (χ4v) is 1.05. The molecule has 0 saturated carbocycles. The first-order valence-electron chi connectivity index (χ1n) is 4.51. The Morgan fingerprint density at radius 2 is 1.87 bits per heavy atom. The fraction of sp³-hybridized carbons (Fsp3) is 0.364. The number of rotatable bonds is 3. The zero-order valence-corrected chi connectivity index (χ0v) is 8.54. The Labute approximate surface area is 86.9 Å². The van der Waals surface area contributed by atoms with Crippen LogP contribution in [0, 0.1) is 0 Å². The van der Waals surface area contributed by atoms with E-state index in [1.54, 1.807) is 18.2 Å². The zero-order valence-electron chi connectivity index (χ0n) is 8.54. The Hall–Kier alpha value is -1.45. The molecule has 0 radical (unpaired) electrons. The van der Waals surface area contributed by atoms with Gasteiger partial charge in [0.25, 0.3) is 0 Å². The number of benzene rings is 1. The van der Waals surface area contributed by atoms with E-state index < -0.39 is 18.0 Å². The Bertz CT molecular complexity index is 330. The lowest BCUT2D eigenvalue weighted by atomic mass is 10.1. The molecule has 0 N–H and O–H groups in total. The van der Waals surface area contributed by atoms with Gasteiger partial charge in [-0.2, -0.15) is 4.39 Å². The summed E-state index contributed by atoms with van der Waals surface area (Å²) in [6.07, 6.45) is -1.94. The molecule has 1 aromatic carbocycles. The van der Waals surface area contributed by atoms with E-state index in [1.807, 2.05) is 0 Å². The lowest BCUT2D eigenvalue weighted by molar-refractivity contribution is -0.180. The highest BCUT2D eigenvalue weighted by atomic mass is 19.2. The Morgan fingerprint density at radius 3 is 2.33 bits per heavy atom. The average molecular weight is 214 g/mol. The molecular weight excluding hydrogens is 202 g/mol. The number of hydrogen-bond donors (Lipinski definition) is 0. The van der Waals surface area contributed by atoms with Crippen LogP contribution >= 0.6 is 0 Å². The van der Waals surface area contributed by atoms with Crippen molar-refractivity contribution in [2.24, 2.45) is 0 Å². The van der Waals surface area contributed by atoms with Gasteiger partial charge in [0.05, 0.1) is 0 Å². The smallest absolute Gasteiger partial charge is 0.348 e. The molecule has 0 spiro atoms. The Morgan fingerprint density at radius 1 is 1.33 bits per heavy atom. The quantitative estimate of drug-likeness (QED) is 0.723. The minimum absolute atomic E-state index is 0.159. The summed E-state index contributed by atoms with van der Waals surface area (Å²) in [5.74, 6) is -3.37. The van der Waals surface area contributed by atoms with Crippen LogP contribution in [0.25, 0.3) is 0 Å². The van der Waals surface area contributed by atoms with Crippen LogP contribution in [-0.4, -0.2) is 11.8 Å². The van der Waals surface area contributed by atoms with E-state index in [4.69, 9.17) is 0 Å². The van der Waals surface area contributed by atoms with Crippen molar-refractivity contribution in [3.8, 4) is 0 Å². The molecule has 1 aromatic rings. The van der Waals surface area contributed by atoms with Crippen LogP contribution in [0.5, 0.6) is 0 Å². The number of ether oxygens (including phenoxy) is 1. The van der Waals surface area contributed by atoms with E-state index in [0.717, 1.165) is 13.8 Å². The number of carbonyl (C=O) groups excluding carboxylic acids is 1. The molecule has 0 fully saturated rings. The Balaban J connectivity index is 2.70. The van der Waals surface area contributed by atoms with Crippen molar-refractivity contribution in [2.45, 2.75) is 25.9 Å². The third kappa shape index (κ3) is 3.65. The molecule has 0 aliphatic heterocycles. The van der Waals surface area contributed by atoms with Crippen LogP contribution in [0.3, 0.4) is 0 Å². The van der Waals surface area contributed by atoms with E-state index in [2.05, 4.69) is 4.74 Å². The maximum Gasteiger partial charge on any atom is 0.348 e.